The number of hydrogen-bond donors (Lipinski definition) is 1. The van der Waals surface area contributed by atoms with Gasteiger partial charge in [0.15, 0.2) is 0 Å². The molecule has 4 atom stereocenters. The van der Waals surface area contributed by atoms with Crippen LogP contribution in [-0.4, -0.2) is 22.8 Å². The Morgan fingerprint density at radius 1 is 1.24 bits per heavy atom. The predicted molar refractivity (Wildman–Crippen MR) is 71.6 cm³/mol. The number of hydrogen-bond acceptors (Lipinski definition) is 3. The summed E-state index contributed by atoms with van der Waals surface area (Å²) in [6.45, 7) is 5.64. The highest BCUT2D eigenvalue weighted by molar-refractivity contribution is 8.12. The van der Waals surface area contributed by atoms with Crippen molar-refractivity contribution in [3.05, 3.63) is 0 Å². The van der Waals surface area contributed by atoms with Crippen LogP contribution in [0.3, 0.4) is 0 Å². The normalized spacial score (nSPS) is 35.2. The van der Waals surface area contributed by atoms with Crippen LogP contribution in [0, 0.1) is 17.3 Å². The van der Waals surface area contributed by atoms with Crippen molar-refractivity contribution in [1.82, 2.24) is 0 Å². The lowest BCUT2D eigenvalue weighted by Gasteiger charge is -2.32. The fraction of sp³-hybridized carbons (Fsp3) is 1.00. The molecule has 2 bridgehead atoms. The van der Waals surface area contributed by atoms with Crippen LogP contribution in [0.1, 0.15) is 46.5 Å². The van der Waals surface area contributed by atoms with E-state index in [2.05, 4.69) is 0 Å². The fourth-order valence-electron chi connectivity index (χ4n) is 3.23. The van der Waals surface area contributed by atoms with Crippen LogP contribution < -0.4 is 0 Å². The molecular weight excluding hydrogens is 256 g/mol. The summed E-state index contributed by atoms with van der Waals surface area (Å²) in [6.07, 6.45) is 4.95. The van der Waals surface area contributed by atoms with Crippen molar-refractivity contribution >= 4 is 21.9 Å². The summed E-state index contributed by atoms with van der Waals surface area (Å²) in [5.41, 5.74) is -0.417. The topological polar surface area (TPSA) is 54.4 Å². The lowest BCUT2D eigenvalue weighted by atomic mass is 10.00. The highest BCUT2D eigenvalue weighted by Gasteiger charge is 2.45. The Kier molecular flexibility index (Phi) is 3.56. The molecule has 3 nitrogen and oxygen atoms in total. The largest absolute Gasteiger partial charge is 0.285 e. The predicted octanol–water partition coefficient (Wildman–Crippen LogP) is 3.17. The molecule has 2 aliphatic carbocycles. The van der Waals surface area contributed by atoms with Gasteiger partial charge in [0.25, 0.3) is 10.1 Å². The Bertz CT molecular complexity index is 383. The van der Waals surface area contributed by atoms with E-state index < -0.39 is 20.1 Å². The van der Waals surface area contributed by atoms with Gasteiger partial charge in [0.2, 0.25) is 0 Å². The quantitative estimate of drug-likeness (QED) is 0.806. The molecule has 0 spiro atoms. The summed E-state index contributed by atoms with van der Waals surface area (Å²) < 4.78 is 31.7. The molecule has 0 aliphatic heterocycles. The van der Waals surface area contributed by atoms with Gasteiger partial charge >= 0.3 is 0 Å². The standard InChI is InChI=1S/C12H22O3S2/c1-12(2,3)11(17(13,14)15)16-10-7-8-4-5-9(10)6-8/h8-11H,4-7H2,1-3H3,(H,13,14,15). The first kappa shape index (κ1) is 13.7. The maximum Gasteiger partial charge on any atom is 0.277 e. The number of fused-ring (bicyclic) bond motifs is 2. The van der Waals surface area contributed by atoms with Crippen LogP contribution in [-0.2, 0) is 10.1 Å². The maximum atomic E-state index is 11.5. The third kappa shape index (κ3) is 2.99. The van der Waals surface area contributed by atoms with E-state index in [4.69, 9.17) is 0 Å². The molecule has 0 aromatic rings. The summed E-state index contributed by atoms with van der Waals surface area (Å²) >= 11 is 1.49. The first-order valence-electron chi connectivity index (χ1n) is 6.29. The molecule has 0 aromatic carbocycles. The zero-order valence-electron chi connectivity index (χ0n) is 10.7. The Labute approximate surface area is 108 Å². The Morgan fingerprint density at radius 2 is 1.88 bits per heavy atom. The molecule has 0 aromatic heterocycles. The van der Waals surface area contributed by atoms with Crippen molar-refractivity contribution in [2.45, 2.75) is 56.3 Å². The molecule has 0 saturated heterocycles. The van der Waals surface area contributed by atoms with E-state index in [1.165, 1.54) is 31.0 Å². The molecule has 2 fully saturated rings. The first-order valence-corrected chi connectivity index (χ1v) is 8.74. The van der Waals surface area contributed by atoms with Gasteiger partial charge in [-0.25, -0.2) is 0 Å². The second-order valence-electron chi connectivity index (χ2n) is 6.56. The van der Waals surface area contributed by atoms with Crippen LogP contribution in [0.25, 0.3) is 0 Å². The van der Waals surface area contributed by atoms with Gasteiger partial charge in [0, 0.05) is 5.25 Å². The Hall–Kier alpha value is 0.260. The molecule has 2 rings (SSSR count). The van der Waals surface area contributed by atoms with E-state index in [9.17, 15) is 13.0 Å². The van der Waals surface area contributed by atoms with Crippen LogP contribution in [0.2, 0.25) is 0 Å². The van der Waals surface area contributed by atoms with Gasteiger partial charge in [0.05, 0.1) is 0 Å². The molecular formula is C12H22O3S2. The molecule has 17 heavy (non-hydrogen) atoms. The smallest absolute Gasteiger partial charge is 0.277 e. The number of thioether (sulfide) groups is 1. The molecule has 0 amide bonds. The van der Waals surface area contributed by atoms with Crippen molar-refractivity contribution in [3.8, 4) is 0 Å². The van der Waals surface area contributed by atoms with E-state index in [1.807, 2.05) is 20.8 Å². The van der Waals surface area contributed by atoms with E-state index in [0.29, 0.717) is 11.2 Å². The highest BCUT2D eigenvalue weighted by atomic mass is 32.3. The van der Waals surface area contributed by atoms with Crippen molar-refractivity contribution < 1.29 is 13.0 Å². The van der Waals surface area contributed by atoms with Crippen LogP contribution in [0.15, 0.2) is 0 Å². The summed E-state index contributed by atoms with van der Waals surface area (Å²) in [5.74, 6) is 1.48. The average molecular weight is 278 g/mol. The summed E-state index contributed by atoms with van der Waals surface area (Å²) in [5, 5.41) is 0.430. The molecule has 2 saturated carbocycles. The molecule has 0 heterocycles. The first-order chi connectivity index (χ1) is 7.68. The van der Waals surface area contributed by atoms with Crippen LogP contribution in [0.4, 0.5) is 0 Å². The van der Waals surface area contributed by atoms with E-state index in [1.54, 1.807) is 0 Å². The van der Waals surface area contributed by atoms with Gasteiger partial charge in [0.1, 0.15) is 4.58 Å². The van der Waals surface area contributed by atoms with Crippen molar-refractivity contribution in [2.75, 3.05) is 0 Å². The molecule has 5 heteroatoms. The molecule has 2 aliphatic rings. The lowest BCUT2D eigenvalue weighted by molar-refractivity contribution is 0.402. The monoisotopic (exact) mass is 278 g/mol. The SMILES string of the molecule is CC(C)(C)C(SC1CC2CCC1C2)S(=O)(=O)O. The Balaban J connectivity index is 2.09. The van der Waals surface area contributed by atoms with Gasteiger partial charge in [-0.3, -0.25) is 4.55 Å². The second kappa shape index (κ2) is 4.42. The molecule has 4 unspecified atom stereocenters. The van der Waals surface area contributed by atoms with E-state index >= 15 is 0 Å². The minimum absolute atomic E-state index is 0.417. The lowest BCUT2D eigenvalue weighted by Crippen LogP contribution is -2.34. The zero-order chi connectivity index (χ0) is 12.8. The summed E-state index contributed by atoms with van der Waals surface area (Å²) in [4.78, 5) is 0. The third-order valence-corrected chi connectivity index (χ3v) is 8.14. The third-order valence-electron chi connectivity index (χ3n) is 3.95. The van der Waals surface area contributed by atoms with Gasteiger partial charge < -0.3 is 0 Å². The molecule has 100 valence electrons. The number of rotatable bonds is 3. The zero-order valence-corrected chi connectivity index (χ0v) is 12.4. The van der Waals surface area contributed by atoms with Crippen LogP contribution >= 0.6 is 11.8 Å². The Morgan fingerprint density at radius 3 is 2.24 bits per heavy atom. The van der Waals surface area contributed by atoms with E-state index in [0.717, 1.165) is 12.3 Å². The van der Waals surface area contributed by atoms with Gasteiger partial charge in [-0.2, -0.15) is 8.42 Å². The van der Waals surface area contributed by atoms with Crippen molar-refractivity contribution in [2.24, 2.45) is 17.3 Å². The van der Waals surface area contributed by atoms with Crippen LogP contribution in [0.5, 0.6) is 0 Å². The fourth-order valence-corrected chi connectivity index (χ4v) is 6.69. The summed E-state index contributed by atoms with van der Waals surface area (Å²) in [7, 11) is -3.96. The molecule has 0 radical (unpaired) electrons. The minimum Gasteiger partial charge on any atom is -0.285 e. The second-order valence-corrected chi connectivity index (χ2v) is 9.71. The minimum atomic E-state index is -3.96. The average Bonchev–Trinajstić information content (AvgIpc) is 2.70. The van der Waals surface area contributed by atoms with Crippen molar-refractivity contribution in [3.63, 3.8) is 0 Å². The van der Waals surface area contributed by atoms with Crippen molar-refractivity contribution in [1.29, 1.82) is 0 Å². The van der Waals surface area contributed by atoms with Gasteiger partial charge in [-0.05, 0) is 36.5 Å². The van der Waals surface area contributed by atoms with Gasteiger partial charge in [-0.15, -0.1) is 11.8 Å². The van der Waals surface area contributed by atoms with E-state index in [-0.39, 0.29) is 0 Å². The highest BCUT2D eigenvalue weighted by Crippen LogP contribution is 2.52. The summed E-state index contributed by atoms with van der Waals surface area (Å²) in [6, 6.07) is 0. The van der Waals surface area contributed by atoms with Gasteiger partial charge in [-0.1, -0.05) is 27.2 Å². The maximum absolute atomic E-state index is 11.5. The molecule has 1 N–H and O–H groups in total.